The van der Waals surface area contributed by atoms with Crippen molar-refractivity contribution in [2.45, 2.75) is 83.1 Å². The van der Waals surface area contributed by atoms with Gasteiger partial charge in [-0.3, -0.25) is 9.69 Å². The standard InChI is InChI=1S/C21H37N3O2/c1-14-11-23(12-15(2)26-14)13-19-7-4-8-24(19)21(25)18-9-16-5-3-6-17(10-18)20(16)22/h14-20H,3-13,22H2,1-2H3. The predicted octanol–water partition coefficient (Wildman–Crippen LogP) is 2.24. The van der Waals surface area contributed by atoms with Crippen LogP contribution in [0.4, 0.5) is 0 Å². The summed E-state index contributed by atoms with van der Waals surface area (Å²) in [4.78, 5) is 18.1. The van der Waals surface area contributed by atoms with E-state index in [2.05, 4.69) is 23.6 Å². The molecule has 2 aliphatic heterocycles. The number of likely N-dealkylation sites (tertiary alicyclic amines) is 1. The van der Waals surface area contributed by atoms with Gasteiger partial charge in [-0.2, -0.15) is 0 Å². The quantitative estimate of drug-likeness (QED) is 0.835. The van der Waals surface area contributed by atoms with E-state index in [1.165, 1.54) is 19.3 Å². The molecule has 1 amide bonds. The third-order valence-corrected chi connectivity index (χ3v) is 7.39. The van der Waals surface area contributed by atoms with Crippen LogP contribution in [0, 0.1) is 17.8 Å². The molecule has 4 fully saturated rings. The van der Waals surface area contributed by atoms with E-state index in [0.717, 1.165) is 51.9 Å². The third-order valence-electron chi connectivity index (χ3n) is 7.39. The van der Waals surface area contributed by atoms with E-state index in [4.69, 9.17) is 10.5 Å². The topological polar surface area (TPSA) is 58.8 Å². The van der Waals surface area contributed by atoms with Crippen LogP contribution in [0.2, 0.25) is 0 Å². The SMILES string of the molecule is CC1CN(CC2CCCN2C(=O)C2CC3CCCC(C2)C3N)CC(C)O1. The highest BCUT2D eigenvalue weighted by Gasteiger charge is 2.43. The molecule has 26 heavy (non-hydrogen) atoms. The summed E-state index contributed by atoms with van der Waals surface area (Å²) in [5, 5.41) is 0. The minimum atomic E-state index is 0.230. The smallest absolute Gasteiger partial charge is 0.225 e. The van der Waals surface area contributed by atoms with Gasteiger partial charge in [0.15, 0.2) is 0 Å². The number of carbonyl (C=O) groups is 1. The van der Waals surface area contributed by atoms with Crippen molar-refractivity contribution in [1.29, 1.82) is 0 Å². The Hall–Kier alpha value is -0.650. The summed E-state index contributed by atoms with van der Waals surface area (Å²) in [6.07, 6.45) is 8.74. The number of fused-ring (bicyclic) bond motifs is 2. The van der Waals surface area contributed by atoms with Crippen LogP contribution in [0.3, 0.4) is 0 Å². The lowest BCUT2D eigenvalue weighted by Crippen LogP contribution is -2.53. The van der Waals surface area contributed by atoms with E-state index in [1.54, 1.807) is 0 Å². The molecule has 5 heteroatoms. The molecule has 2 saturated heterocycles. The molecule has 2 N–H and O–H groups in total. The molecule has 0 spiro atoms. The Labute approximate surface area is 158 Å². The van der Waals surface area contributed by atoms with E-state index < -0.39 is 0 Å². The zero-order chi connectivity index (χ0) is 18.3. The van der Waals surface area contributed by atoms with Crippen LogP contribution in [-0.4, -0.2) is 66.2 Å². The van der Waals surface area contributed by atoms with Crippen LogP contribution in [0.15, 0.2) is 0 Å². The molecule has 2 saturated carbocycles. The number of rotatable bonds is 3. The monoisotopic (exact) mass is 363 g/mol. The maximum atomic E-state index is 13.4. The van der Waals surface area contributed by atoms with Crippen molar-refractivity contribution in [2.24, 2.45) is 23.5 Å². The maximum absolute atomic E-state index is 13.4. The molecule has 0 aromatic heterocycles. The first kappa shape index (κ1) is 18.7. The maximum Gasteiger partial charge on any atom is 0.225 e. The average molecular weight is 364 g/mol. The van der Waals surface area contributed by atoms with Crippen molar-refractivity contribution in [3.05, 3.63) is 0 Å². The zero-order valence-electron chi connectivity index (χ0n) is 16.6. The van der Waals surface area contributed by atoms with Gasteiger partial charge in [-0.1, -0.05) is 6.42 Å². The van der Waals surface area contributed by atoms with E-state index in [9.17, 15) is 4.79 Å². The van der Waals surface area contributed by atoms with Gasteiger partial charge in [-0.25, -0.2) is 0 Å². The average Bonchev–Trinajstić information content (AvgIpc) is 3.01. The molecular formula is C21H37N3O2. The number of ether oxygens (including phenoxy) is 1. The highest BCUT2D eigenvalue weighted by molar-refractivity contribution is 5.79. The number of nitrogens with zero attached hydrogens (tertiary/aromatic N) is 2. The summed E-state index contributed by atoms with van der Waals surface area (Å²) in [5.41, 5.74) is 6.43. The van der Waals surface area contributed by atoms with Gasteiger partial charge in [0.1, 0.15) is 0 Å². The van der Waals surface area contributed by atoms with Gasteiger partial charge in [0.05, 0.1) is 12.2 Å². The van der Waals surface area contributed by atoms with Crippen LogP contribution in [0.1, 0.15) is 58.8 Å². The minimum absolute atomic E-state index is 0.230. The Morgan fingerprint density at radius 3 is 2.35 bits per heavy atom. The first-order chi connectivity index (χ1) is 12.5. The van der Waals surface area contributed by atoms with E-state index >= 15 is 0 Å². The molecule has 4 aliphatic rings. The van der Waals surface area contributed by atoms with Crippen molar-refractivity contribution in [2.75, 3.05) is 26.2 Å². The minimum Gasteiger partial charge on any atom is -0.373 e. The summed E-state index contributed by atoms with van der Waals surface area (Å²) in [6.45, 7) is 8.27. The van der Waals surface area contributed by atoms with Crippen molar-refractivity contribution >= 4 is 5.91 Å². The summed E-state index contributed by atoms with van der Waals surface area (Å²) in [7, 11) is 0. The third kappa shape index (κ3) is 3.81. The van der Waals surface area contributed by atoms with Crippen molar-refractivity contribution in [1.82, 2.24) is 9.80 Å². The normalized spacial score (nSPS) is 44.3. The molecule has 0 radical (unpaired) electrons. The molecule has 2 heterocycles. The van der Waals surface area contributed by atoms with Crippen LogP contribution < -0.4 is 5.73 Å². The van der Waals surface area contributed by atoms with Gasteiger partial charge in [0.25, 0.3) is 0 Å². The summed E-state index contributed by atoms with van der Waals surface area (Å²) >= 11 is 0. The highest BCUT2D eigenvalue weighted by Crippen LogP contribution is 2.43. The number of hydrogen-bond acceptors (Lipinski definition) is 4. The highest BCUT2D eigenvalue weighted by atomic mass is 16.5. The van der Waals surface area contributed by atoms with Gasteiger partial charge in [0, 0.05) is 44.2 Å². The van der Waals surface area contributed by atoms with Crippen molar-refractivity contribution in [3.8, 4) is 0 Å². The molecule has 5 atom stereocenters. The Kier molecular flexibility index (Phi) is 5.58. The second kappa shape index (κ2) is 7.76. The molecule has 2 aliphatic carbocycles. The van der Waals surface area contributed by atoms with Gasteiger partial charge in [0.2, 0.25) is 5.91 Å². The fourth-order valence-electron chi connectivity index (χ4n) is 6.27. The van der Waals surface area contributed by atoms with E-state index in [1.807, 2.05) is 0 Å². The summed E-state index contributed by atoms with van der Waals surface area (Å²) in [6, 6.07) is 0.744. The summed E-state index contributed by atoms with van der Waals surface area (Å²) in [5.74, 6) is 1.83. The Bertz CT molecular complexity index is 489. The number of hydrogen-bond donors (Lipinski definition) is 1. The van der Waals surface area contributed by atoms with Crippen LogP contribution in [-0.2, 0) is 9.53 Å². The van der Waals surface area contributed by atoms with E-state index in [-0.39, 0.29) is 5.92 Å². The van der Waals surface area contributed by atoms with Gasteiger partial charge < -0.3 is 15.4 Å². The van der Waals surface area contributed by atoms with Crippen molar-refractivity contribution < 1.29 is 9.53 Å². The van der Waals surface area contributed by atoms with Gasteiger partial charge in [-0.15, -0.1) is 0 Å². The fraction of sp³-hybridized carbons (Fsp3) is 0.952. The molecular weight excluding hydrogens is 326 g/mol. The molecule has 2 bridgehead atoms. The number of nitrogens with two attached hydrogens (primary N) is 1. The fourth-order valence-corrected chi connectivity index (χ4v) is 6.27. The second-order valence-corrected chi connectivity index (χ2v) is 9.50. The van der Waals surface area contributed by atoms with Crippen LogP contribution >= 0.6 is 0 Å². The Balaban J connectivity index is 1.38. The first-order valence-corrected chi connectivity index (χ1v) is 10.9. The van der Waals surface area contributed by atoms with Crippen LogP contribution in [0.5, 0.6) is 0 Å². The van der Waals surface area contributed by atoms with E-state index in [0.29, 0.717) is 42.0 Å². The summed E-state index contributed by atoms with van der Waals surface area (Å²) < 4.78 is 5.87. The lowest BCUT2D eigenvalue weighted by atomic mass is 9.65. The predicted molar refractivity (Wildman–Crippen MR) is 103 cm³/mol. The van der Waals surface area contributed by atoms with Crippen LogP contribution in [0.25, 0.3) is 0 Å². The van der Waals surface area contributed by atoms with Crippen molar-refractivity contribution in [3.63, 3.8) is 0 Å². The lowest BCUT2D eigenvalue weighted by Gasteiger charge is -2.45. The molecule has 5 nitrogen and oxygen atoms in total. The van der Waals surface area contributed by atoms with Gasteiger partial charge >= 0.3 is 0 Å². The number of morpholine rings is 1. The second-order valence-electron chi connectivity index (χ2n) is 9.50. The molecule has 4 rings (SSSR count). The molecule has 0 aromatic rings. The zero-order valence-corrected chi connectivity index (χ0v) is 16.6. The molecule has 5 unspecified atom stereocenters. The largest absolute Gasteiger partial charge is 0.373 e. The molecule has 148 valence electrons. The Morgan fingerprint density at radius 2 is 1.69 bits per heavy atom. The Morgan fingerprint density at radius 1 is 1.04 bits per heavy atom. The lowest BCUT2D eigenvalue weighted by molar-refractivity contribution is -0.140. The first-order valence-electron chi connectivity index (χ1n) is 10.9. The molecule has 0 aromatic carbocycles. The number of amides is 1. The van der Waals surface area contributed by atoms with Gasteiger partial charge in [-0.05, 0) is 64.2 Å². The number of carbonyl (C=O) groups excluding carboxylic acids is 1.